The van der Waals surface area contributed by atoms with Crippen LogP contribution in [0.3, 0.4) is 0 Å². The molecular weight excluding hydrogens is 370 g/mol. The lowest BCUT2D eigenvalue weighted by molar-refractivity contribution is -0.0120. The first-order chi connectivity index (χ1) is 14.7. The number of fused-ring (bicyclic) bond motifs is 1. The first kappa shape index (κ1) is 18.7. The highest BCUT2D eigenvalue weighted by molar-refractivity contribution is 5.94. The maximum atomic E-state index is 13.5. The average Bonchev–Trinajstić information content (AvgIpc) is 3.16. The van der Waals surface area contributed by atoms with Gasteiger partial charge in [0.05, 0.1) is 6.04 Å². The van der Waals surface area contributed by atoms with Gasteiger partial charge in [0.2, 0.25) is 0 Å². The molecule has 1 aromatic heterocycles. The van der Waals surface area contributed by atoms with E-state index in [-0.39, 0.29) is 11.9 Å². The van der Waals surface area contributed by atoms with Crippen molar-refractivity contribution in [2.24, 2.45) is 23.7 Å². The van der Waals surface area contributed by atoms with Crippen molar-refractivity contribution < 1.29 is 4.79 Å². The number of rotatable bonds is 4. The van der Waals surface area contributed by atoms with Gasteiger partial charge < -0.3 is 5.32 Å². The van der Waals surface area contributed by atoms with Crippen molar-refractivity contribution in [3.05, 3.63) is 52.8 Å². The number of aromatic nitrogens is 2. The Morgan fingerprint density at radius 1 is 1.00 bits per heavy atom. The lowest BCUT2D eigenvalue weighted by Crippen LogP contribution is -2.56. The molecule has 0 radical (unpaired) electrons. The van der Waals surface area contributed by atoms with E-state index in [1.165, 1.54) is 55.3 Å². The molecule has 30 heavy (non-hydrogen) atoms. The van der Waals surface area contributed by atoms with Crippen LogP contribution in [0.2, 0.25) is 0 Å². The molecule has 5 aliphatic carbocycles. The Kier molecular flexibility index (Phi) is 4.51. The molecule has 4 saturated carbocycles. The van der Waals surface area contributed by atoms with Crippen LogP contribution in [-0.2, 0) is 12.8 Å². The first-order valence-corrected chi connectivity index (χ1v) is 12.1. The second-order valence-corrected chi connectivity index (χ2v) is 10.4. The van der Waals surface area contributed by atoms with Crippen molar-refractivity contribution >= 4 is 5.91 Å². The first-order valence-electron chi connectivity index (χ1n) is 12.1. The van der Waals surface area contributed by atoms with E-state index in [1.807, 2.05) is 0 Å². The Balaban J connectivity index is 1.29. The number of nitrogens with one attached hydrogen (secondary N) is 1. The highest BCUT2D eigenvalue weighted by atomic mass is 16.2. The normalized spacial score (nSPS) is 32.6. The van der Waals surface area contributed by atoms with E-state index in [4.69, 9.17) is 5.10 Å². The van der Waals surface area contributed by atoms with Crippen LogP contribution in [0.5, 0.6) is 0 Å². The van der Waals surface area contributed by atoms with E-state index < -0.39 is 0 Å². The molecule has 7 rings (SSSR count). The standard InChI is InChI=1S/C26H33N3O/c1-16(19-7-3-2-4-8-19)29-23-10-6-5-9-22(23)25(28-29)26(30)27-24-20-12-17-11-18(14-20)15-21(24)13-17/h2-4,7-8,16-18,20-21,24H,5-6,9-15H2,1H3,(H,27,30). The fraction of sp³-hybridized carbons (Fsp3) is 0.615. The minimum atomic E-state index is 0.0876. The second kappa shape index (κ2) is 7.25. The Morgan fingerprint density at radius 2 is 1.67 bits per heavy atom. The molecule has 4 bridgehead atoms. The predicted octanol–water partition coefficient (Wildman–Crippen LogP) is 4.93. The van der Waals surface area contributed by atoms with Crippen LogP contribution in [0.4, 0.5) is 0 Å². The third-order valence-electron chi connectivity index (χ3n) is 8.60. The molecule has 4 nitrogen and oxygen atoms in total. The molecule has 158 valence electrons. The third kappa shape index (κ3) is 3.02. The molecular formula is C26H33N3O. The average molecular weight is 404 g/mol. The fourth-order valence-electron chi connectivity index (χ4n) is 7.38. The number of amides is 1. The Bertz CT molecular complexity index is 919. The molecule has 1 heterocycles. The number of hydrogen-bond acceptors (Lipinski definition) is 2. The predicted molar refractivity (Wildman–Crippen MR) is 117 cm³/mol. The van der Waals surface area contributed by atoms with E-state index in [1.54, 1.807) is 0 Å². The SMILES string of the molecule is CC(c1ccccc1)n1nc(C(=O)NC2C3CC4CC(C3)CC2C4)c2c1CCCC2. The fourth-order valence-corrected chi connectivity index (χ4v) is 7.38. The van der Waals surface area contributed by atoms with Crippen molar-refractivity contribution in [1.29, 1.82) is 0 Å². The van der Waals surface area contributed by atoms with E-state index >= 15 is 0 Å². The Labute approximate surface area is 179 Å². The molecule has 0 spiro atoms. The summed E-state index contributed by atoms with van der Waals surface area (Å²) in [6, 6.07) is 11.1. The van der Waals surface area contributed by atoms with Gasteiger partial charge in [-0.25, -0.2) is 0 Å². The van der Waals surface area contributed by atoms with Crippen molar-refractivity contribution in [1.82, 2.24) is 15.1 Å². The minimum Gasteiger partial charge on any atom is -0.347 e. The van der Waals surface area contributed by atoms with Crippen LogP contribution in [0.25, 0.3) is 0 Å². The maximum absolute atomic E-state index is 13.5. The van der Waals surface area contributed by atoms with Crippen LogP contribution >= 0.6 is 0 Å². The van der Waals surface area contributed by atoms with Gasteiger partial charge in [0.15, 0.2) is 5.69 Å². The molecule has 5 aliphatic rings. The van der Waals surface area contributed by atoms with Gasteiger partial charge >= 0.3 is 0 Å². The number of hydrogen-bond donors (Lipinski definition) is 1. The smallest absolute Gasteiger partial charge is 0.272 e. The lowest BCUT2D eigenvalue weighted by atomic mass is 9.54. The second-order valence-electron chi connectivity index (χ2n) is 10.4. The van der Waals surface area contributed by atoms with Gasteiger partial charge in [0, 0.05) is 17.3 Å². The summed E-state index contributed by atoms with van der Waals surface area (Å²) in [7, 11) is 0. The van der Waals surface area contributed by atoms with Gasteiger partial charge in [-0.3, -0.25) is 9.48 Å². The summed E-state index contributed by atoms with van der Waals surface area (Å²) in [5.41, 5.74) is 4.46. The van der Waals surface area contributed by atoms with E-state index in [9.17, 15) is 4.79 Å². The zero-order valence-electron chi connectivity index (χ0n) is 18.0. The zero-order chi connectivity index (χ0) is 20.2. The number of nitrogens with zero attached hydrogens (tertiary/aromatic N) is 2. The molecule has 0 saturated heterocycles. The molecule has 2 aromatic rings. The monoisotopic (exact) mass is 403 g/mol. The van der Waals surface area contributed by atoms with E-state index in [0.29, 0.717) is 23.6 Å². The van der Waals surface area contributed by atoms with Crippen LogP contribution in [0.15, 0.2) is 30.3 Å². The Morgan fingerprint density at radius 3 is 2.37 bits per heavy atom. The van der Waals surface area contributed by atoms with Crippen molar-refractivity contribution in [3.63, 3.8) is 0 Å². The van der Waals surface area contributed by atoms with Crippen LogP contribution < -0.4 is 5.32 Å². The highest BCUT2D eigenvalue weighted by Gasteiger charge is 2.49. The number of carbonyl (C=O) groups excluding carboxylic acids is 1. The summed E-state index contributed by atoms with van der Waals surface area (Å²) in [6.45, 7) is 2.21. The molecule has 1 N–H and O–H groups in total. The summed E-state index contributed by atoms with van der Waals surface area (Å²) >= 11 is 0. The third-order valence-corrected chi connectivity index (χ3v) is 8.60. The van der Waals surface area contributed by atoms with Gasteiger partial charge in [-0.15, -0.1) is 0 Å². The molecule has 1 amide bonds. The minimum absolute atomic E-state index is 0.0876. The van der Waals surface area contributed by atoms with Crippen molar-refractivity contribution in [2.45, 2.75) is 76.8 Å². The van der Waals surface area contributed by atoms with Gasteiger partial charge in [-0.1, -0.05) is 30.3 Å². The van der Waals surface area contributed by atoms with Crippen molar-refractivity contribution in [2.75, 3.05) is 0 Å². The summed E-state index contributed by atoms with van der Waals surface area (Å²) in [5, 5.41) is 8.46. The number of benzene rings is 1. The quantitative estimate of drug-likeness (QED) is 0.787. The molecule has 1 aromatic carbocycles. The largest absolute Gasteiger partial charge is 0.347 e. The molecule has 4 fully saturated rings. The van der Waals surface area contributed by atoms with E-state index in [0.717, 1.165) is 31.1 Å². The zero-order valence-corrected chi connectivity index (χ0v) is 18.0. The summed E-state index contributed by atoms with van der Waals surface area (Å²) < 4.78 is 2.15. The van der Waals surface area contributed by atoms with Crippen LogP contribution in [0.1, 0.15) is 85.2 Å². The summed E-state index contributed by atoms with van der Waals surface area (Å²) in [4.78, 5) is 13.5. The molecule has 0 aliphatic heterocycles. The van der Waals surface area contributed by atoms with Gasteiger partial charge in [-0.05, 0) is 93.9 Å². The van der Waals surface area contributed by atoms with Crippen molar-refractivity contribution in [3.8, 4) is 0 Å². The van der Waals surface area contributed by atoms with Gasteiger partial charge in [0.25, 0.3) is 5.91 Å². The van der Waals surface area contributed by atoms with Crippen LogP contribution in [0, 0.1) is 23.7 Å². The van der Waals surface area contributed by atoms with Gasteiger partial charge in [-0.2, -0.15) is 5.10 Å². The number of carbonyl (C=O) groups is 1. The summed E-state index contributed by atoms with van der Waals surface area (Å²) in [6.07, 6.45) is 11.1. The van der Waals surface area contributed by atoms with Gasteiger partial charge in [0.1, 0.15) is 0 Å². The molecule has 4 heteroatoms. The molecule has 1 unspecified atom stereocenters. The Hall–Kier alpha value is -2.10. The molecule has 1 atom stereocenters. The topological polar surface area (TPSA) is 46.9 Å². The van der Waals surface area contributed by atoms with Crippen LogP contribution in [-0.4, -0.2) is 21.7 Å². The summed E-state index contributed by atoms with van der Waals surface area (Å²) in [5.74, 6) is 3.35. The maximum Gasteiger partial charge on any atom is 0.272 e. The highest BCUT2D eigenvalue weighted by Crippen LogP contribution is 2.53. The lowest BCUT2D eigenvalue weighted by Gasteiger charge is -2.54. The van der Waals surface area contributed by atoms with E-state index in [2.05, 4.69) is 47.3 Å².